The van der Waals surface area contributed by atoms with Crippen molar-refractivity contribution in [3.63, 3.8) is 0 Å². The van der Waals surface area contributed by atoms with E-state index in [1.54, 1.807) is 18.9 Å². The van der Waals surface area contributed by atoms with Crippen molar-refractivity contribution in [1.82, 2.24) is 9.80 Å². The second-order valence-electron chi connectivity index (χ2n) is 4.28. The van der Waals surface area contributed by atoms with Crippen LogP contribution < -0.4 is 0 Å². The van der Waals surface area contributed by atoms with Gasteiger partial charge in [-0.25, -0.2) is 4.79 Å². The lowest BCUT2D eigenvalue weighted by atomic mass is 10.0. The Morgan fingerprint density at radius 3 is 2.71 bits per heavy atom. The molecule has 1 aliphatic rings. The number of carbonyl (C=O) groups is 2. The van der Waals surface area contributed by atoms with Gasteiger partial charge in [-0.3, -0.25) is 4.79 Å². The molecular weight excluding hydrogens is 222 g/mol. The molecule has 0 aromatic heterocycles. The van der Waals surface area contributed by atoms with Crippen LogP contribution in [0.4, 0.5) is 4.79 Å². The van der Waals surface area contributed by atoms with Crippen LogP contribution in [0.3, 0.4) is 0 Å². The molecular formula is C11H17N3O3. The molecule has 2 atom stereocenters. The minimum absolute atomic E-state index is 0.198. The summed E-state index contributed by atoms with van der Waals surface area (Å²) in [6, 6.07) is 1.49. The SMILES string of the molecule is CC1C(C(=O)O)CCN1C(=O)N(C)CCC#N. The Kier molecular flexibility index (Phi) is 4.32. The second kappa shape index (κ2) is 5.53. The molecule has 1 rings (SSSR count). The molecule has 1 aliphatic heterocycles. The third kappa shape index (κ3) is 2.87. The monoisotopic (exact) mass is 239 g/mol. The van der Waals surface area contributed by atoms with Crippen LogP contribution in [0, 0.1) is 17.2 Å². The summed E-state index contributed by atoms with van der Waals surface area (Å²) in [6.07, 6.45) is 0.779. The first-order valence-corrected chi connectivity index (χ1v) is 5.60. The largest absolute Gasteiger partial charge is 0.481 e. The quantitative estimate of drug-likeness (QED) is 0.787. The summed E-state index contributed by atoms with van der Waals surface area (Å²) in [6.45, 7) is 2.59. The number of hydrogen-bond donors (Lipinski definition) is 1. The Morgan fingerprint density at radius 2 is 2.24 bits per heavy atom. The fourth-order valence-corrected chi connectivity index (χ4v) is 2.07. The van der Waals surface area contributed by atoms with Crippen LogP contribution in [0.5, 0.6) is 0 Å². The Labute approximate surface area is 100 Å². The van der Waals surface area contributed by atoms with Crippen molar-refractivity contribution < 1.29 is 14.7 Å². The Bertz CT molecular complexity index is 350. The zero-order valence-corrected chi connectivity index (χ0v) is 10.1. The van der Waals surface area contributed by atoms with Crippen molar-refractivity contribution in [1.29, 1.82) is 5.26 Å². The van der Waals surface area contributed by atoms with Gasteiger partial charge in [-0.1, -0.05) is 0 Å². The van der Waals surface area contributed by atoms with Gasteiger partial charge >= 0.3 is 12.0 Å². The van der Waals surface area contributed by atoms with Crippen LogP contribution >= 0.6 is 0 Å². The van der Waals surface area contributed by atoms with Gasteiger partial charge in [-0.05, 0) is 13.3 Å². The summed E-state index contributed by atoms with van der Waals surface area (Å²) in [4.78, 5) is 25.9. The molecule has 1 heterocycles. The maximum absolute atomic E-state index is 12.0. The van der Waals surface area contributed by atoms with Gasteiger partial charge in [0.05, 0.1) is 18.4 Å². The molecule has 0 aliphatic carbocycles. The van der Waals surface area contributed by atoms with Crippen LogP contribution in [-0.2, 0) is 4.79 Å². The highest BCUT2D eigenvalue weighted by atomic mass is 16.4. The fourth-order valence-electron chi connectivity index (χ4n) is 2.07. The van der Waals surface area contributed by atoms with Gasteiger partial charge in [0.25, 0.3) is 0 Å². The lowest BCUT2D eigenvalue weighted by molar-refractivity contribution is -0.142. The molecule has 0 aromatic carbocycles. The summed E-state index contributed by atoms with van der Waals surface area (Å²) in [5, 5.41) is 17.4. The topological polar surface area (TPSA) is 84.6 Å². The number of aliphatic carboxylic acids is 1. The molecule has 0 aromatic rings. The number of hydrogen-bond acceptors (Lipinski definition) is 3. The molecule has 0 radical (unpaired) electrons. The Morgan fingerprint density at radius 1 is 1.59 bits per heavy atom. The van der Waals surface area contributed by atoms with Crippen LogP contribution in [-0.4, -0.2) is 53.1 Å². The number of carbonyl (C=O) groups excluding carboxylic acids is 1. The molecule has 1 saturated heterocycles. The van der Waals surface area contributed by atoms with E-state index in [-0.39, 0.29) is 18.5 Å². The first-order chi connectivity index (χ1) is 7.99. The molecule has 2 amide bonds. The highest BCUT2D eigenvalue weighted by Crippen LogP contribution is 2.25. The molecule has 17 heavy (non-hydrogen) atoms. The van der Waals surface area contributed by atoms with Crippen molar-refractivity contribution in [3.05, 3.63) is 0 Å². The highest BCUT2D eigenvalue weighted by Gasteiger charge is 2.38. The molecule has 6 nitrogen and oxygen atoms in total. The molecule has 0 bridgehead atoms. The van der Waals surface area contributed by atoms with Gasteiger partial charge in [-0.2, -0.15) is 5.26 Å². The average molecular weight is 239 g/mol. The Hall–Kier alpha value is -1.77. The number of likely N-dealkylation sites (tertiary alicyclic amines) is 1. The van der Waals surface area contributed by atoms with Crippen LogP contribution in [0.2, 0.25) is 0 Å². The molecule has 0 saturated carbocycles. The summed E-state index contributed by atoms with van der Waals surface area (Å²) in [7, 11) is 1.63. The number of amides is 2. The van der Waals surface area contributed by atoms with Crippen molar-refractivity contribution in [2.24, 2.45) is 5.92 Å². The lowest BCUT2D eigenvalue weighted by Gasteiger charge is -2.28. The third-order valence-electron chi connectivity index (χ3n) is 3.20. The summed E-state index contributed by atoms with van der Waals surface area (Å²) in [5.74, 6) is -1.34. The lowest BCUT2D eigenvalue weighted by Crippen LogP contribution is -2.44. The molecule has 94 valence electrons. The molecule has 6 heteroatoms. The van der Waals surface area contributed by atoms with Gasteiger partial charge < -0.3 is 14.9 Å². The van der Waals surface area contributed by atoms with E-state index >= 15 is 0 Å². The predicted octanol–water partition coefficient (Wildman–Crippen LogP) is 0.747. The summed E-state index contributed by atoms with van der Waals surface area (Å²) in [5.41, 5.74) is 0. The van der Waals surface area contributed by atoms with E-state index < -0.39 is 11.9 Å². The van der Waals surface area contributed by atoms with E-state index in [1.807, 2.05) is 6.07 Å². The van der Waals surface area contributed by atoms with Gasteiger partial charge in [0, 0.05) is 26.2 Å². The van der Waals surface area contributed by atoms with Gasteiger partial charge in [0.1, 0.15) is 0 Å². The average Bonchev–Trinajstić information content (AvgIpc) is 2.67. The molecule has 0 spiro atoms. The first-order valence-electron chi connectivity index (χ1n) is 5.60. The third-order valence-corrected chi connectivity index (χ3v) is 3.20. The standard InChI is InChI=1S/C11H17N3O3/c1-8-9(10(15)16)4-7-14(8)11(17)13(2)6-3-5-12/h8-9H,3-4,6-7H2,1-2H3,(H,15,16). The number of rotatable bonds is 3. The van der Waals surface area contributed by atoms with Gasteiger partial charge in [0.2, 0.25) is 0 Å². The van der Waals surface area contributed by atoms with E-state index in [1.165, 1.54) is 4.90 Å². The van der Waals surface area contributed by atoms with E-state index in [2.05, 4.69) is 0 Å². The van der Waals surface area contributed by atoms with E-state index in [9.17, 15) is 9.59 Å². The highest BCUT2D eigenvalue weighted by molar-refractivity contribution is 5.78. The minimum Gasteiger partial charge on any atom is -0.481 e. The van der Waals surface area contributed by atoms with E-state index in [4.69, 9.17) is 10.4 Å². The number of carboxylic acid groups (broad SMARTS) is 1. The van der Waals surface area contributed by atoms with Crippen molar-refractivity contribution in [2.45, 2.75) is 25.8 Å². The zero-order chi connectivity index (χ0) is 13.0. The maximum atomic E-state index is 12.0. The number of nitrogens with zero attached hydrogens (tertiary/aromatic N) is 3. The fraction of sp³-hybridized carbons (Fsp3) is 0.727. The molecule has 2 unspecified atom stereocenters. The van der Waals surface area contributed by atoms with Crippen LogP contribution in [0.1, 0.15) is 19.8 Å². The summed E-state index contributed by atoms with van der Waals surface area (Å²) < 4.78 is 0. The van der Waals surface area contributed by atoms with Gasteiger partial charge in [0.15, 0.2) is 0 Å². The second-order valence-corrected chi connectivity index (χ2v) is 4.28. The summed E-state index contributed by atoms with van der Waals surface area (Å²) >= 11 is 0. The maximum Gasteiger partial charge on any atom is 0.320 e. The van der Waals surface area contributed by atoms with E-state index in [0.717, 1.165) is 0 Å². The predicted molar refractivity (Wildman–Crippen MR) is 60.2 cm³/mol. The van der Waals surface area contributed by atoms with Crippen molar-refractivity contribution in [3.8, 4) is 6.07 Å². The van der Waals surface area contributed by atoms with Crippen molar-refractivity contribution >= 4 is 12.0 Å². The molecule has 1 N–H and O–H groups in total. The number of carboxylic acids is 1. The zero-order valence-electron chi connectivity index (χ0n) is 10.1. The molecule has 1 fully saturated rings. The van der Waals surface area contributed by atoms with Crippen LogP contribution in [0.25, 0.3) is 0 Å². The van der Waals surface area contributed by atoms with E-state index in [0.29, 0.717) is 19.5 Å². The smallest absolute Gasteiger partial charge is 0.320 e. The number of urea groups is 1. The Balaban J connectivity index is 2.60. The first kappa shape index (κ1) is 13.3. The number of nitriles is 1. The van der Waals surface area contributed by atoms with Gasteiger partial charge in [-0.15, -0.1) is 0 Å². The van der Waals surface area contributed by atoms with Crippen LogP contribution in [0.15, 0.2) is 0 Å². The van der Waals surface area contributed by atoms with Crippen molar-refractivity contribution in [2.75, 3.05) is 20.1 Å². The normalized spacial score (nSPS) is 23.2. The minimum atomic E-state index is -0.854.